The first-order valence-electron chi connectivity index (χ1n) is 4.49. The fourth-order valence-corrected chi connectivity index (χ4v) is 1.37. The molecule has 0 unspecified atom stereocenters. The Hall–Kier alpha value is -1.55. The van der Waals surface area contributed by atoms with E-state index in [1.165, 1.54) is 19.2 Å². The quantitative estimate of drug-likeness (QED) is 0.741. The van der Waals surface area contributed by atoms with Gasteiger partial charge in [0.25, 0.3) is 0 Å². The minimum absolute atomic E-state index is 0.0970. The molecule has 0 amide bonds. The van der Waals surface area contributed by atoms with Gasteiger partial charge in [-0.15, -0.1) is 0 Å². The molecule has 15 heavy (non-hydrogen) atoms. The van der Waals surface area contributed by atoms with E-state index in [-0.39, 0.29) is 11.5 Å². The van der Waals surface area contributed by atoms with Crippen LogP contribution in [0.15, 0.2) is 12.1 Å². The van der Waals surface area contributed by atoms with E-state index in [4.69, 9.17) is 4.74 Å². The van der Waals surface area contributed by atoms with E-state index in [2.05, 4.69) is 0 Å². The Labute approximate surface area is 88.1 Å². The fourth-order valence-electron chi connectivity index (χ4n) is 1.37. The minimum Gasteiger partial charge on any atom is -0.504 e. The van der Waals surface area contributed by atoms with Crippen molar-refractivity contribution in [3.8, 4) is 11.5 Å². The molecule has 1 aromatic carbocycles. The van der Waals surface area contributed by atoms with Gasteiger partial charge in [-0.1, -0.05) is 0 Å². The van der Waals surface area contributed by atoms with Crippen LogP contribution in [-0.2, 0) is 5.60 Å². The maximum Gasteiger partial charge on any atom is 0.161 e. The Kier molecular flexibility index (Phi) is 3.00. The van der Waals surface area contributed by atoms with Crippen LogP contribution in [0.2, 0.25) is 0 Å². The van der Waals surface area contributed by atoms with Crippen LogP contribution >= 0.6 is 0 Å². The van der Waals surface area contributed by atoms with Crippen molar-refractivity contribution < 1.29 is 19.7 Å². The third-order valence-corrected chi connectivity index (χ3v) is 2.14. The van der Waals surface area contributed by atoms with Gasteiger partial charge in [0.2, 0.25) is 0 Å². The molecule has 2 N–H and O–H groups in total. The smallest absolute Gasteiger partial charge is 0.161 e. The summed E-state index contributed by atoms with van der Waals surface area (Å²) < 4.78 is 4.86. The number of ether oxygens (including phenoxy) is 1. The second-order valence-corrected chi connectivity index (χ2v) is 3.79. The molecule has 0 aliphatic heterocycles. The molecule has 0 aliphatic carbocycles. The number of phenols is 1. The fraction of sp³-hybridized carbons (Fsp3) is 0.364. The van der Waals surface area contributed by atoms with Crippen molar-refractivity contribution in [1.82, 2.24) is 0 Å². The highest BCUT2D eigenvalue weighted by Gasteiger charge is 2.22. The van der Waals surface area contributed by atoms with Crippen LogP contribution in [0.3, 0.4) is 0 Å². The summed E-state index contributed by atoms with van der Waals surface area (Å²) in [5.41, 5.74) is -0.507. The molecule has 0 bridgehead atoms. The highest BCUT2D eigenvalue weighted by atomic mass is 16.5. The van der Waals surface area contributed by atoms with E-state index in [1.54, 1.807) is 13.8 Å². The summed E-state index contributed by atoms with van der Waals surface area (Å²) in [4.78, 5) is 10.8. The first kappa shape index (κ1) is 11.5. The molecule has 0 fully saturated rings. The molecule has 0 heterocycles. The van der Waals surface area contributed by atoms with Gasteiger partial charge in [-0.3, -0.25) is 4.79 Å². The lowest BCUT2D eigenvalue weighted by Gasteiger charge is -2.20. The van der Waals surface area contributed by atoms with Gasteiger partial charge in [0.15, 0.2) is 17.8 Å². The van der Waals surface area contributed by atoms with Crippen molar-refractivity contribution in [2.75, 3.05) is 7.11 Å². The van der Waals surface area contributed by atoms with Crippen LogP contribution in [0.1, 0.15) is 29.8 Å². The van der Waals surface area contributed by atoms with Gasteiger partial charge in [0.05, 0.1) is 12.7 Å². The zero-order valence-electron chi connectivity index (χ0n) is 8.94. The van der Waals surface area contributed by atoms with Crippen molar-refractivity contribution in [3.05, 3.63) is 23.3 Å². The zero-order valence-corrected chi connectivity index (χ0v) is 8.94. The Morgan fingerprint density at radius 1 is 1.40 bits per heavy atom. The molecule has 0 aliphatic rings. The third kappa shape index (κ3) is 2.27. The van der Waals surface area contributed by atoms with Crippen molar-refractivity contribution in [1.29, 1.82) is 0 Å². The van der Waals surface area contributed by atoms with E-state index >= 15 is 0 Å². The van der Waals surface area contributed by atoms with E-state index in [0.717, 1.165) is 0 Å². The van der Waals surface area contributed by atoms with Crippen LogP contribution in [0.25, 0.3) is 0 Å². The normalized spacial score (nSPS) is 11.2. The Morgan fingerprint density at radius 3 is 2.40 bits per heavy atom. The summed E-state index contributed by atoms with van der Waals surface area (Å²) in [7, 11) is 1.40. The number of aliphatic hydroxyl groups is 1. The van der Waals surface area contributed by atoms with Gasteiger partial charge in [-0.25, -0.2) is 0 Å². The van der Waals surface area contributed by atoms with Crippen LogP contribution in [0.5, 0.6) is 11.5 Å². The molecular weight excluding hydrogens is 196 g/mol. The number of hydrogen-bond donors (Lipinski definition) is 2. The second-order valence-electron chi connectivity index (χ2n) is 3.79. The van der Waals surface area contributed by atoms with Crippen molar-refractivity contribution >= 4 is 6.29 Å². The summed E-state index contributed by atoms with van der Waals surface area (Å²) in [6.07, 6.45) is 0.620. The zero-order chi connectivity index (χ0) is 11.6. The molecule has 0 aromatic heterocycles. The van der Waals surface area contributed by atoms with Gasteiger partial charge in [0.1, 0.15) is 0 Å². The molecule has 0 spiro atoms. The number of hydrogen-bond acceptors (Lipinski definition) is 4. The molecule has 0 saturated carbocycles. The molecule has 0 atom stereocenters. The van der Waals surface area contributed by atoms with Crippen molar-refractivity contribution in [2.45, 2.75) is 19.4 Å². The van der Waals surface area contributed by atoms with Gasteiger partial charge in [0, 0.05) is 5.56 Å². The topological polar surface area (TPSA) is 66.8 Å². The summed E-state index contributed by atoms with van der Waals surface area (Å²) in [6, 6.07) is 2.73. The lowest BCUT2D eigenvalue weighted by atomic mass is 9.93. The van der Waals surface area contributed by atoms with E-state index in [9.17, 15) is 15.0 Å². The lowest BCUT2D eigenvalue weighted by molar-refractivity contribution is 0.0764. The van der Waals surface area contributed by atoms with E-state index in [1.807, 2.05) is 0 Å². The first-order valence-corrected chi connectivity index (χ1v) is 4.49. The maximum atomic E-state index is 10.8. The van der Waals surface area contributed by atoms with Crippen LogP contribution in [0, 0.1) is 0 Å². The standard InChI is InChI=1S/C11H14O4/c1-11(2,14)8-5-9(13)10(15-3)4-7(8)6-12/h4-6,13-14H,1-3H3. The van der Waals surface area contributed by atoms with Crippen molar-refractivity contribution in [3.63, 3.8) is 0 Å². The van der Waals surface area contributed by atoms with Crippen molar-refractivity contribution in [2.24, 2.45) is 0 Å². The Morgan fingerprint density at radius 2 is 2.00 bits per heavy atom. The molecular formula is C11H14O4. The summed E-state index contributed by atoms with van der Waals surface area (Å²) in [5.74, 6) is 0.116. The summed E-state index contributed by atoms with van der Waals surface area (Å²) >= 11 is 0. The van der Waals surface area contributed by atoms with Gasteiger partial charge in [-0.05, 0) is 31.5 Å². The Balaban J connectivity index is 3.41. The van der Waals surface area contributed by atoms with Crippen LogP contribution in [0.4, 0.5) is 0 Å². The lowest BCUT2D eigenvalue weighted by Crippen LogP contribution is -2.18. The number of rotatable bonds is 3. The number of methoxy groups -OCH3 is 1. The van der Waals surface area contributed by atoms with E-state index < -0.39 is 5.60 Å². The van der Waals surface area contributed by atoms with Gasteiger partial charge in [-0.2, -0.15) is 0 Å². The molecule has 82 valence electrons. The Bertz CT molecular complexity index is 377. The largest absolute Gasteiger partial charge is 0.504 e. The summed E-state index contributed by atoms with van der Waals surface area (Å²) in [5, 5.41) is 19.3. The molecule has 1 aromatic rings. The average molecular weight is 210 g/mol. The highest BCUT2D eigenvalue weighted by Crippen LogP contribution is 2.33. The number of phenolic OH excluding ortho intramolecular Hbond substituents is 1. The SMILES string of the molecule is COc1cc(C=O)c(C(C)(C)O)cc1O. The summed E-state index contributed by atoms with van der Waals surface area (Å²) in [6.45, 7) is 3.09. The van der Waals surface area contributed by atoms with Gasteiger partial charge >= 0.3 is 0 Å². The first-order chi connectivity index (χ1) is 6.90. The second kappa shape index (κ2) is 3.90. The van der Waals surface area contributed by atoms with Gasteiger partial charge < -0.3 is 14.9 Å². The monoisotopic (exact) mass is 210 g/mol. The third-order valence-electron chi connectivity index (χ3n) is 2.14. The number of aldehydes is 1. The average Bonchev–Trinajstić information content (AvgIpc) is 2.16. The maximum absolute atomic E-state index is 10.8. The number of carbonyl (C=O) groups is 1. The molecule has 4 heteroatoms. The number of carbonyl (C=O) groups excluding carboxylic acids is 1. The van der Waals surface area contributed by atoms with Crippen LogP contribution < -0.4 is 4.74 Å². The molecule has 0 radical (unpaired) electrons. The highest BCUT2D eigenvalue weighted by molar-refractivity contribution is 5.79. The molecule has 0 saturated heterocycles. The minimum atomic E-state index is -1.18. The predicted octanol–water partition coefficient (Wildman–Crippen LogP) is 1.44. The van der Waals surface area contributed by atoms with Crippen LogP contribution in [-0.4, -0.2) is 23.6 Å². The molecule has 4 nitrogen and oxygen atoms in total. The molecule has 1 rings (SSSR count). The predicted molar refractivity (Wildman–Crippen MR) is 55.3 cm³/mol. The number of benzene rings is 1. The van der Waals surface area contributed by atoms with E-state index in [0.29, 0.717) is 17.4 Å². The number of aromatic hydroxyl groups is 1.